The van der Waals surface area contributed by atoms with Crippen molar-refractivity contribution in [3.8, 4) is 39.9 Å². The van der Waals surface area contributed by atoms with Gasteiger partial charge in [-0.2, -0.15) is 18.3 Å². The van der Waals surface area contributed by atoms with Crippen LogP contribution in [0.25, 0.3) is 63.9 Å². The third-order valence-corrected chi connectivity index (χ3v) is 9.69. The molecule has 0 saturated carbocycles. The molecule has 6 heterocycles. The molecule has 19 heteroatoms. The van der Waals surface area contributed by atoms with Crippen molar-refractivity contribution in [2.24, 2.45) is 0 Å². The summed E-state index contributed by atoms with van der Waals surface area (Å²) in [4.78, 5) is 51.4. The molecule has 0 atom stereocenters. The van der Waals surface area contributed by atoms with E-state index in [1.54, 1.807) is 103 Å². The third kappa shape index (κ3) is 19.5. The zero-order valence-corrected chi connectivity index (χ0v) is 38.9. The third-order valence-electron chi connectivity index (χ3n) is 8.58. The van der Waals surface area contributed by atoms with Crippen molar-refractivity contribution in [3.63, 3.8) is 0 Å². The smallest absolute Gasteiger partial charge is 0.753 e. The van der Waals surface area contributed by atoms with Crippen molar-refractivity contribution in [2.45, 2.75) is 45.2 Å². The predicted octanol–water partition coefficient (Wildman–Crippen LogP) is 11.3. The van der Waals surface area contributed by atoms with Gasteiger partial charge in [-0.3, -0.25) is 29.3 Å². The Hall–Kier alpha value is -7.17. The van der Waals surface area contributed by atoms with E-state index in [0.29, 0.717) is 47.9 Å². The standard InChI is InChI=1S/C26H19N3O6.C21H21F3N3S.CNS.Ru/c30-17-33-11-3-1-5-20-7-9-27-23(13-20)25-15-22(35-19-32)16-26(29-25)24-14-21(8-10-28-24)6-2-4-12-34-18-31;1-2-3-4-5-6-16-9-10-17(28-16)8-7-15-11-12-25-18(13-15)19-14-20(27-26-19)21(22,23)24;2-1-3;/h1-19H;7-14H,2-6H2,1H3;;/q;2*-1;+2/b5-1+,6-2+,11-3+,12-4+;8-7+;;. The first kappa shape index (κ1) is 54.2. The van der Waals surface area contributed by atoms with Gasteiger partial charge in [0, 0.05) is 46.2 Å². The van der Waals surface area contributed by atoms with Crippen LogP contribution in [0.5, 0.6) is 5.75 Å². The van der Waals surface area contributed by atoms with Gasteiger partial charge in [-0.05, 0) is 102 Å². The number of isothiocyanates is 1. The number of thiocarbonyl (C=S) groups is 1. The van der Waals surface area contributed by atoms with E-state index < -0.39 is 11.9 Å². The molecule has 0 aliphatic rings. The van der Waals surface area contributed by atoms with Crippen molar-refractivity contribution in [1.29, 1.82) is 0 Å². The monoisotopic (exact) mass is 1030 g/mol. The van der Waals surface area contributed by atoms with Crippen LogP contribution in [-0.2, 0) is 55.9 Å². The first-order valence-corrected chi connectivity index (χ1v) is 21.0. The number of pyridine rings is 4. The van der Waals surface area contributed by atoms with Crippen LogP contribution in [0.4, 0.5) is 13.2 Å². The Morgan fingerprint density at radius 1 is 0.701 bits per heavy atom. The predicted molar refractivity (Wildman–Crippen MR) is 251 cm³/mol. The summed E-state index contributed by atoms with van der Waals surface area (Å²) in [5, 5.41) is 15.3. The number of hydrogen-bond acceptors (Lipinski definition) is 13. The molecule has 0 aliphatic carbocycles. The first-order chi connectivity index (χ1) is 32.1. The fraction of sp³-hybridized carbons (Fsp3) is 0.146. The normalized spacial score (nSPS) is 11.1. The summed E-state index contributed by atoms with van der Waals surface area (Å²) < 4.78 is 52.1. The molecular weight excluding hydrogens is 993 g/mol. The summed E-state index contributed by atoms with van der Waals surface area (Å²) in [6.07, 6.45) is 23.0. The molecule has 0 N–H and O–H groups in total. The van der Waals surface area contributed by atoms with Crippen LogP contribution in [0.1, 0.15) is 64.7 Å². The average Bonchev–Trinajstić information content (AvgIpc) is 4.02. The van der Waals surface area contributed by atoms with Gasteiger partial charge in [-0.25, -0.2) is 4.98 Å². The molecule has 6 rings (SSSR count). The number of halogens is 3. The maximum atomic E-state index is 12.7. The number of allylic oxidation sites excluding steroid dienone is 4. The van der Waals surface area contributed by atoms with E-state index in [1.807, 2.05) is 24.3 Å². The van der Waals surface area contributed by atoms with Crippen molar-refractivity contribution < 1.29 is 61.2 Å². The molecule has 67 heavy (non-hydrogen) atoms. The number of aromatic nitrogens is 6. The molecule has 0 aliphatic heterocycles. The largest absolute Gasteiger partial charge is 2.00 e. The number of rotatable bonds is 20. The molecule has 6 aromatic rings. The number of alkyl halides is 3. The quantitative estimate of drug-likeness (QED) is 0.0134. The van der Waals surface area contributed by atoms with Gasteiger partial charge in [0.15, 0.2) is 0 Å². The first-order valence-electron chi connectivity index (χ1n) is 19.8. The van der Waals surface area contributed by atoms with E-state index in [1.165, 1.54) is 48.2 Å². The Labute approximate surface area is 406 Å². The molecule has 13 nitrogen and oxygen atoms in total. The fourth-order valence-corrected chi connectivity index (χ4v) is 6.58. The number of thiophene rings is 1. The molecule has 0 amide bonds. The zero-order chi connectivity index (χ0) is 47.4. The Bertz CT molecular complexity index is 2600. The topological polar surface area (TPSA) is 180 Å². The molecule has 0 fully saturated rings. The summed E-state index contributed by atoms with van der Waals surface area (Å²) >= 11 is 5.47. The number of carbonyl (C=O) groups is 3. The Morgan fingerprint density at radius 2 is 1.25 bits per heavy atom. The molecular formula is C48H40F3N7O6RuS2. The molecule has 0 saturated heterocycles. The van der Waals surface area contributed by atoms with E-state index in [4.69, 9.17) is 10.1 Å². The second kappa shape index (κ2) is 30.1. The number of hydrogen-bond donors (Lipinski definition) is 0. The SMILES string of the molecule is CCCCCCc1ccc(/C=C/c2ccnc(-c3cc(C(F)(F)F)n[n-]3)c2)s1.O=CO/C=C/C=C/c1ccnc(-c2cc(OC=O)cc(-c3cc(/C=C/C=C/OC=O)ccn3)n2)c1.[N-]=C=S.[Ru+2]. The van der Waals surface area contributed by atoms with Crippen LogP contribution in [0.2, 0.25) is 0 Å². The van der Waals surface area contributed by atoms with Gasteiger partial charge in [0.25, 0.3) is 19.4 Å². The van der Waals surface area contributed by atoms with Crippen molar-refractivity contribution in [3.05, 3.63) is 160 Å². The number of nitrogens with zero attached hydrogens (tertiary/aromatic N) is 7. The molecule has 0 aromatic carbocycles. The Kier molecular flexibility index (Phi) is 24.3. The van der Waals surface area contributed by atoms with Gasteiger partial charge < -0.3 is 29.8 Å². The second-order valence-electron chi connectivity index (χ2n) is 13.2. The van der Waals surface area contributed by atoms with Gasteiger partial charge in [0.2, 0.25) is 0 Å². The van der Waals surface area contributed by atoms with E-state index in [0.717, 1.165) is 34.1 Å². The minimum absolute atomic E-state index is 0. The van der Waals surface area contributed by atoms with Gasteiger partial charge in [0.05, 0.1) is 35.3 Å². The average molecular weight is 1030 g/mol. The summed E-state index contributed by atoms with van der Waals surface area (Å²) in [6, 6.07) is 19.1. The van der Waals surface area contributed by atoms with E-state index in [9.17, 15) is 27.6 Å². The molecule has 6 aromatic heterocycles. The van der Waals surface area contributed by atoms with Crippen molar-refractivity contribution in [2.75, 3.05) is 0 Å². The molecule has 344 valence electrons. The fourth-order valence-electron chi connectivity index (χ4n) is 5.62. The Balaban J connectivity index is 0.000000338. The van der Waals surface area contributed by atoms with Crippen LogP contribution in [0, 0.1) is 0 Å². The number of ether oxygens (including phenoxy) is 3. The van der Waals surface area contributed by atoms with Gasteiger partial charge in [-0.15, -0.1) is 11.3 Å². The maximum Gasteiger partial charge on any atom is 2.00 e. The summed E-state index contributed by atoms with van der Waals surface area (Å²) in [5.74, 6) is 0.286. The van der Waals surface area contributed by atoms with Crippen molar-refractivity contribution in [1.82, 2.24) is 30.1 Å². The minimum Gasteiger partial charge on any atom is -0.753 e. The van der Waals surface area contributed by atoms with Crippen LogP contribution >= 0.6 is 23.6 Å². The van der Waals surface area contributed by atoms with Crippen LogP contribution in [-0.4, -0.2) is 49.6 Å². The number of unbranched alkanes of at least 4 members (excludes halogenated alkanes) is 3. The van der Waals surface area contributed by atoms with E-state index >= 15 is 0 Å². The number of carbonyl (C=O) groups excluding carboxylic acids is 3. The summed E-state index contributed by atoms with van der Waals surface area (Å²) in [5.41, 5.74) is 4.04. The van der Waals surface area contributed by atoms with Gasteiger partial charge in [0.1, 0.15) is 11.4 Å². The number of aryl methyl sites for hydroxylation is 1. The Morgan fingerprint density at radius 3 is 1.78 bits per heavy atom. The van der Waals surface area contributed by atoms with E-state index in [2.05, 4.69) is 70.9 Å². The summed E-state index contributed by atoms with van der Waals surface area (Å²) in [6.45, 7) is 3.20. The van der Waals surface area contributed by atoms with Gasteiger partial charge in [-0.1, -0.05) is 74.5 Å². The maximum absolute atomic E-state index is 12.7. The van der Waals surface area contributed by atoms with Gasteiger partial charge >= 0.3 is 25.7 Å². The zero-order valence-electron chi connectivity index (χ0n) is 35.5. The molecule has 0 radical (unpaired) electrons. The molecule has 0 bridgehead atoms. The molecule has 0 spiro atoms. The van der Waals surface area contributed by atoms with Crippen LogP contribution < -0.4 is 9.84 Å². The van der Waals surface area contributed by atoms with Crippen LogP contribution in [0.3, 0.4) is 0 Å². The second-order valence-corrected chi connectivity index (χ2v) is 14.6. The summed E-state index contributed by atoms with van der Waals surface area (Å²) in [7, 11) is 0. The van der Waals surface area contributed by atoms with Crippen molar-refractivity contribution >= 4 is 72.4 Å². The van der Waals surface area contributed by atoms with Crippen LogP contribution in [0.15, 0.2) is 122 Å². The molecule has 0 unspecified atom stereocenters. The minimum atomic E-state index is -4.50. The van der Waals surface area contributed by atoms with E-state index in [-0.39, 0.29) is 30.9 Å².